The van der Waals surface area contributed by atoms with Crippen molar-refractivity contribution in [2.75, 3.05) is 7.11 Å². The maximum absolute atomic E-state index is 10.8. The molecule has 1 rings (SSSR count). The fraction of sp³-hybridized carbons (Fsp3) is 0.333. The van der Waals surface area contributed by atoms with Gasteiger partial charge >= 0.3 is 5.97 Å². The molecule has 0 spiro atoms. The van der Waals surface area contributed by atoms with Gasteiger partial charge in [-0.15, -0.1) is 0 Å². The Hall–Kier alpha value is -1.52. The Kier molecular flexibility index (Phi) is 1.80. The molecule has 0 aliphatic carbocycles. The van der Waals surface area contributed by atoms with Crippen LogP contribution in [-0.2, 0) is 4.74 Å². The fourth-order valence-corrected chi connectivity index (χ4v) is 0.671. The maximum atomic E-state index is 10.8. The Balaban J connectivity index is 3.04. The van der Waals surface area contributed by atoms with Crippen LogP contribution in [0.3, 0.4) is 0 Å². The van der Waals surface area contributed by atoms with E-state index in [0.29, 0.717) is 5.69 Å². The summed E-state index contributed by atoms with van der Waals surface area (Å²) in [6.07, 6.45) is 0. The monoisotopic (exact) mass is 156 g/mol. The first-order valence-electron chi connectivity index (χ1n) is 2.99. The number of hydrogen-bond acceptors (Lipinski definition) is 4. The Bertz CT molecular complexity index is 279. The number of hydrogen-bond donors (Lipinski definition) is 2. The van der Waals surface area contributed by atoms with Gasteiger partial charge in [-0.1, -0.05) is 0 Å². The van der Waals surface area contributed by atoms with Crippen molar-refractivity contribution in [2.24, 2.45) is 0 Å². The van der Waals surface area contributed by atoms with E-state index in [1.54, 1.807) is 6.92 Å². The van der Waals surface area contributed by atoms with E-state index in [2.05, 4.69) is 14.9 Å². The molecule has 0 aliphatic rings. The molecule has 11 heavy (non-hydrogen) atoms. The average molecular weight is 156 g/mol. The second-order valence-electron chi connectivity index (χ2n) is 2.02. The molecule has 0 saturated heterocycles. The second kappa shape index (κ2) is 2.61. The van der Waals surface area contributed by atoms with Crippen LogP contribution >= 0.6 is 0 Å². The lowest BCUT2D eigenvalue weighted by Gasteiger charge is -1.93. The first kappa shape index (κ1) is 7.59. The van der Waals surface area contributed by atoms with Gasteiger partial charge in [0, 0.05) is 0 Å². The van der Waals surface area contributed by atoms with Crippen LogP contribution in [0.1, 0.15) is 16.2 Å². The Morgan fingerprint density at radius 1 is 1.73 bits per heavy atom. The molecule has 5 nitrogen and oxygen atoms in total. The minimum Gasteiger partial charge on any atom is -0.504 e. The van der Waals surface area contributed by atoms with Crippen LogP contribution in [0.15, 0.2) is 0 Å². The summed E-state index contributed by atoms with van der Waals surface area (Å²) in [6.45, 7) is 1.58. The van der Waals surface area contributed by atoms with Gasteiger partial charge in [0.1, 0.15) is 5.69 Å². The molecule has 2 N–H and O–H groups in total. The van der Waals surface area contributed by atoms with Crippen molar-refractivity contribution in [3.05, 3.63) is 11.4 Å². The minimum absolute atomic E-state index is 0.00926. The van der Waals surface area contributed by atoms with E-state index in [0.717, 1.165) is 0 Å². The lowest BCUT2D eigenvalue weighted by Crippen LogP contribution is -2.01. The summed E-state index contributed by atoms with van der Waals surface area (Å²) in [5.74, 6) is -0.778. The lowest BCUT2D eigenvalue weighted by molar-refractivity contribution is 0.0590. The van der Waals surface area contributed by atoms with Crippen molar-refractivity contribution in [3.63, 3.8) is 0 Å². The third-order valence-corrected chi connectivity index (χ3v) is 1.30. The highest BCUT2D eigenvalue weighted by molar-refractivity contribution is 5.90. The maximum Gasteiger partial charge on any atom is 0.359 e. The number of H-pyrrole nitrogens is 1. The lowest BCUT2D eigenvalue weighted by atomic mass is 10.3. The van der Waals surface area contributed by atoms with Gasteiger partial charge in [0.15, 0.2) is 11.4 Å². The van der Waals surface area contributed by atoms with E-state index < -0.39 is 5.97 Å². The van der Waals surface area contributed by atoms with Crippen molar-refractivity contribution < 1.29 is 14.6 Å². The van der Waals surface area contributed by atoms with E-state index in [-0.39, 0.29) is 11.4 Å². The third kappa shape index (κ3) is 1.17. The highest BCUT2D eigenvalue weighted by Gasteiger charge is 2.15. The van der Waals surface area contributed by atoms with E-state index in [1.165, 1.54) is 7.11 Å². The number of aromatic hydroxyl groups is 1. The SMILES string of the molecule is COC(=O)c1[nH]nc(C)c1O. The van der Waals surface area contributed by atoms with Gasteiger partial charge in [0.05, 0.1) is 7.11 Å². The van der Waals surface area contributed by atoms with Crippen molar-refractivity contribution in [1.29, 1.82) is 0 Å². The Labute approximate surface area is 63.0 Å². The number of aromatic amines is 1. The Morgan fingerprint density at radius 3 is 2.73 bits per heavy atom. The highest BCUT2D eigenvalue weighted by Crippen LogP contribution is 2.18. The molecule has 1 aromatic rings. The van der Waals surface area contributed by atoms with E-state index in [1.807, 2.05) is 0 Å². The molecule has 1 aromatic heterocycles. The average Bonchev–Trinajstić information content (AvgIpc) is 2.32. The fourth-order valence-electron chi connectivity index (χ4n) is 0.671. The molecule has 1 heterocycles. The van der Waals surface area contributed by atoms with Crippen molar-refractivity contribution >= 4 is 5.97 Å². The summed E-state index contributed by atoms with van der Waals surface area (Å²) < 4.78 is 4.36. The number of nitrogens with zero attached hydrogens (tertiary/aromatic N) is 1. The summed E-state index contributed by atoms with van der Waals surface area (Å²) in [5.41, 5.74) is 0.371. The van der Waals surface area contributed by atoms with Gasteiger partial charge in [-0.25, -0.2) is 4.79 Å². The number of methoxy groups -OCH3 is 1. The van der Waals surface area contributed by atoms with Gasteiger partial charge in [0.2, 0.25) is 0 Å². The van der Waals surface area contributed by atoms with Gasteiger partial charge in [0.25, 0.3) is 0 Å². The third-order valence-electron chi connectivity index (χ3n) is 1.30. The smallest absolute Gasteiger partial charge is 0.359 e. The van der Waals surface area contributed by atoms with Crippen LogP contribution in [0.2, 0.25) is 0 Å². The normalized spacial score (nSPS) is 9.64. The molecule has 0 bridgehead atoms. The van der Waals surface area contributed by atoms with E-state index in [9.17, 15) is 4.79 Å². The Morgan fingerprint density at radius 2 is 2.36 bits per heavy atom. The molecule has 0 unspecified atom stereocenters. The topological polar surface area (TPSA) is 75.2 Å². The second-order valence-corrected chi connectivity index (χ2v) is 2.02. The summed E-state index contributed by atoms with van der Waals surface area (Å²) >= 11 is 0. The van der Waals surface area contributed by atoms with Crippen LogP contribution in [0.4, 0.5) is 0 Å². The molecule has 60 valence electrons. The molecule has 0 radical (unpaired) electrons. The zero-order chi connectivity index (χ0) is 8.43. The molecule has 0 aliphatic heterocycles. The number of carbonyl (C=O) groups is 1. The number of aryl methyl sites for hydroxylation is 1. The highest BCUT2D eigenvalue weighted by atomic mass is 16.5. The molecule has 0 fully saturated rings. The number of aromatic nitrogens is 2. The molecule has 0 aromatic carbocycles. The van der Waals surface area contributed by atoms with Crippen molar-refractivity contribution in [1.82, 2.24) is 10.2 Å². The summed E-state index contributed by atoms with van der Waals surface area (Å²) in [5, 5.41) is 15.1. The van der Waals surface area contributed by atoms with Crippen molar-refractivity contribution in [2.45, 2.75) is 6.92 Å². The molecule has 5 heteroatoms. The van der Waals surface area contributed by atoms with Gasteiger partial charge in [-0.3, -0.25) is 5.10 Å². The standard InChI is InChI=1S/C6H8N2O3/c1-3-5(9)4(8-7-3)6(10)11-2/h9H,1-2H3,(H,7,8). The van der Waals surface area contributed by atoms with E-state index in [4.69, 9.17) is 5.11 Å². The number of carbonyl (C=O) groups excluding carboxylic acids is 1. The van der Waals surface area contributed by atoms with Gasteiger partial charge in [-0.05, 0) is 6.92 Å². The predicted octanol–water partition coefficient (Wildman–Crippen LogP) is 0.210. The quantitative estimate of drug-likeness (QED) is 0.570. The zero-order valence-corrected chi connectivity index (χ0v) is 6.21. The largest absolute Gasteiger partial charge is 0.504 e. The number of esters is 1. The molecule has 0 atom stereocenters. The number of ether oxygens (including phenoxy) is 1. The molecular formula is C6H8N2O3. The number of nitrogens with one attached hydrogen (secondary N) is 1. The summed E-state index contributed by atoms with van der Waals surface area (Å²) in [7, 11) is 1.23. The minimum atomic E-state index is -0.622. The van der Waals surface area contributed by atoms with E-state index >= 15 is 0 Å². The molecule has 0 saturated carbocycles. The first-order chi connectivity index (χ1) is 5.16. The van der Waals surface area contributed by atoms with Crippen molar-refractivity contribution in [3.8, 4) is 5.75 Å². The number of rotatable bonds is 1. The molecular weight excluding hydrogens is 148 g/mol. The first-order valence-corrected chi connectivity index (χ1v) is 2.99. The zero-order valence-electron chi connectivity index (χ0n) is 6.21. The van der Waals surface area contributed by atoms with Crippen LogP contribution in [0, 0.1) is 6.92 Å². The van der Waals surface area contributed by atoms with Crippen LogP contribution in [-0.4, -0.2) is 28.4 Å². The molecule has 0 amide bonds. The van der Waals surface area contributed by atoms with Gasteiger partial charge in [-0.2, -0.15) is 5.10 Å². The van der Waals surface area contributed by atoms with Gasteiger partial charge < -0.3 is 9.84 Å². The van der Waals surface area contributed by atoms with Crippen LogP contribution < -0.4 is 0 Å². The summed E-state index contributed by atoms with van der Waals surface area (Å²) in [4.78, 5) is 10.8. The predicted molar refractivity (Wildman–Crippen MR) is 36.3 cm³/mol. The van der Waals surface area contributed by atoms with Crippen LogP contribution in [0.25, 0.3) is 0 Å². The van der Waals surface area contributed by atoms with Crippen LogP contribution in [0.5, 0.6) is 5.75 Å². The summed E-state index contributed by atoms with van der Waals surface area (Å²) in [6, 6.07) is 0.